The van der Waals surface area contributed by atoms with E-state index in [1.165, 1.54) is 7.11 Å². The van der Waals surface area contributed by atoms with Crippen LogP contribution in [0.1, 0.15) is 82.8 Å². The van der Waals surface area contributed by atoms with Crippen LogP contribution in [0.3, 0.4) is 0 Å². The highest BCUT2D eigenvalue weighted by molar-refractivity contribution is 6.49. The lowest BCUT2D eigenvalue weighted by Crippen LogP contribution is -2.65. The first-order chi connectivity index (χ1) is 20.7. The second kappa shape index (κ2) is 12.2. The van der Waals surface area contributed by atoms with Crippen LogP contribution >= 0.6 is 0 Å². The van der Waals surface area contributed by atoms with Gasteiger partial charge in [0.25, 0.3) is 5.91 Å². The number of nitrogens with one attached hydrogen (secondary N) is 1. The molecule has 2 aromatic carbocycles. The molecular formula is C34H45BN2O7. The van der Waals surface area contributed by atoms with E-state index in [0.29, 0.717) is 28.7 Å². The number of rotatable bonds is 10. The minimum Gasteiger partial charge on any atom is -0.496 e. The Kier molecular flexibility index (Phi) is 8.88. The maximum absolute atomic E-state index is 13.5. The number of esters is 1. The predicted octanol–water partition coefficient (Wildman–Crippen LogP) is 5.54. The highest BCUT2D eigenvalue weighted by Gasteiger charge is 2.68. The number of hydrogen-bond acceptors (Lipinski definition) is 8. The van der Waals surface area contributed by atoms with E-state index in [9.17, 15) is 9.59 Å². The minimum absolute atomic E-state index is 0.0670. The van der Waals surface area contributed by atoms with Crippen LogP contribution in [0.15, 0.2) is 53.7 Å². The van der Waals surface area contributed by atoms with Gasteiger partial charge in [-0.05, 0) is 88.3 Å². The molecule has 5 atom stereocenters. The number of ether oxygens (including phenoxy) is 2. The Morgan fingerprint density at radius 3 is 2.48 bits per heavy atom. The molecule has 236 valence electrons. The fourth-order valence-corrected chi connectivity index (χ4v) is 7.10. The Bertz CT molecular complexity index is 1410. The minimum atomic E-state index is -0.711. The standard InChI is InChI=1S/C34H45BN2O7/c1-21(37-41-20-22-13-10-9-11-14-22)30(38)36-28(35-43-27-19-24-18-26(33(24,5)6)34(27,7)44-35)17-23-15-12-16-25(29(23)40-8)31(39)42-32(2,3)4/h9-16,24,26-28H,17-20H2,1-8H3,(H,36,38)/t24?,26?,27?,28-,34?/m0/s1. The third-order valence-electron chi connectivity index (χ3n) is 9.58. The highest BCUT2D eigenvalue weighted by Crippen LogP contribution is 2.65. The third kappa shape index (κ3) is 6.38. The molecule has 4 unspecified atom stereocenters. The maximum atomic E-state index is 13.5. The molecule has 1 N–H and O–H groups in total. The van der Waals surface area contributed by atoms with Gasteiger partial charge in [0.05, 0.1) is 24.8 Å². The summed E-state index contributed by atoms with van der Waals surface area (Å²) < 4.78 is 24.7. The fraction of sp³-hybridized carbons (Fsp3) is 0.559. The van der Waals surface area contributed by atoms with E-state index in [2.05, 4.69) is 31.2 Å². The van der Waals surface area contributed by atoms with Gasteiger partial charge in [-0.25, -0.2) is 4.79 Å². The van der Waals surface area contributed by atoms with Crippen LogP contribution < -0.4 is 10.1 Å². The molecule has 4 fully saturated rings. The Balaban J connectivity index is 1.39. The quantitative estimate of drug-likeness (QED) is 0.164. The average molecular weight is 605 g/mol. The predicted molar refractivity (Wildman–Crippen MR) is 168 cm³/mol. The van der Waals surface area contributed by atoms with Gasteiger partial charge in [-0.1, -0.05) is 61.5 Å². The third-order valence-corrected chi connectivity index (χ3v) is 9.58. The monoisotopic (exact) mass is 604 g/mol. The highest BCUT2D eigenvalue weighted by atomic mass is 16.7. The van der Waals surface area contributed by atoms with Gasteiger partial charge < -0.3 is 28.9 Å². The van der Waals surface area contributed by atoms with Crippen LogP contribution in [0, 0.1) is 17.3 Å². The molecule has 1 aliphatic heterocycles. The first-order valence-corrected chi connectivity index (χ1v) is 15.5. The topological polar surface area (TPSA) is 105 Å². The van der Waals surface area contributed by atoms with Crippen molar-refractivity contribution in [2.75, 3.05) is 7.11 Å². The van der Waals surface area contributed by atoms with E-state index < -0.39 is 36.1 Å². The summed E-state index contributed by atoms with van der Waals surface area (Å²) in [6.45, 7) is 14.1. The lowest BCUT2D eigenvalue weighted by molar-refractivity contribution is -0.199. The summed E-state index contributed by atoms with van der Waals surface area (Å²) in [7, 11) is 0.811. The lowest BCUT2D eigenvalue weighted by Gasteiger charge is -2.64. The fourth-order valence-electron chi connectivity index (χ4n) is 7.10. The average Bonchev–Trinajstić information content (AvgIpc) is 3.33. The zero-order valence-electron chi connectivity index (χ0n) is 27.1. The molecule has 9 nitrogen and oxygen atoms in total. The van der Waals surface area contributed by atoms with E-state index in [1.54, 1.807) is 19.1 Å². The molecule has 2 bridgehead atoms. The molecule has 4 aliphatic rings. The lowest BCUT2D eigenvalue weighted by atomic mass is 9.43. The molecule has 6 rings (SSSR count). The van der Waals surface area contributed by atoms with Gasteiger partial charge in [-0.3, -0.25) is 4.79 Å². The zero-order chi connectivity index (χ0) is 31.9. The molecule has 0 radical (unpaired) electrons. The molecule has 44 heavy (non-hydrogen) atoms. The molecule has 1 amide bonds. The molecule has 1 saturated heterocycles. The van der Waals surface area contributed by atoms with Gasteiger partial charge in [-0.15, -0.1) is 0 Å². The zero-order valence-corrected chi connectivity index (χ0v) is 27.1. The Morgan fingerprint density at radius 1 is 1.09 bits per heavy atom. The smallest absolute Gasteiger partial charge is 0.482 e. The summed E-state index contributed by atoms with van der Waals surface area (Å²) in [5.74, 6) is -0.149. The van der Waals surface area contributed by atoms with Crippen LogP contribution in [0.4, 0.5) is 0 Å². The summed E-state index contributed by atoms with van der Waals surface area (Å²) in [5, 5.41) is 7.17. The van der Waals surface area contributed by atoms with Crippen LogP contribution in [0.25, 0.3) is 0 Å². The first kappa shape index (κ1) is 32.0. The summed E-state index contributed by atoms with van der Waals surface area (Å²) in [4.78, 5) is 32.0. The number of carbonyl (C=O) groups excluding carboxylic acids is 2. The van der Waals surface area contributed by atoms with E-state index >= 15 is 0 Å². The maximum Gasteiger partial charge on any atom is 0.482 e. The first-order valence-electron chi connectivity index (χ1n) is 15.5. The normalized spacial score (nSPS) is 26.2. The number of benzene rings is 2. The van der Waals surface area contributed by atoms with Crippen molar-refractivity contribution in [3.05, 3.63) is 65.2 Å². The largest absolute Gasteiger partial charge is 0.496 e. The van der Waals surface area contributed by atoms with Crippen LogP contribution in [0.5, 0.6) is 5.75 Å². The van der Waals surface area contributed by atoms with Crippen molar-refractivity contribution in [3.63, 3.8) is 0 Å². The van der Waals surface area contributed by atoms with Gasteiger partial charge in [0.2, 0.25) is 0 Å². The van der Waals surface area contributed by atoms with Gasteiger partial charge in [-0.2, -0.15) is 0 Å². The Hall–Kier alpha value is -3.37. The second-order valence-corrected chi connectivity index (χ2v) is 14.1. The van der Waals surface area contributed by atoms with Gasteiger partial charge >= 0.3 is 13.1 Å². The summed E-state index contributed by atoms with van der Waals surface area (Å²) >= 11 is 0. The van der Waals surface area contributed by atoms with E-state index in [0.717, 1.165) is 18.4 Å². The molecule has 0 aromatic heterocycles. The number of amides is 1. The van der Waals surface area contributed by atoms with Crippen LogP contribution in [-0.2, 0) is 36.7 Å². The molecule has 0 spiro atoms. The SMILES string of the molecule is COc1c(C[C@H](NC(=O)C(C)=NOCc2ccccc2)B2OC3CC4CC(C4(C)C)C3(C)O2)cccc1C(=O)OC(C)(C)C. The van der Waals surface area contributed by atoms with Gasteiger partial charge in [0, 0.05) is 0 Å². The number of nitrogens with zero attached hydrogens (tertiary/aromatic N) is 1. The van der Waals surface area contributed by atoms with E-state index in [-0.39, 0.29) is 30.3 Å². The van der Waals surface area contributed by atoms with Crippen molar-refractivity contribution in [3.8, 4) is 5.75 Å². The number of hydrogen-bond donors (Lipinski definition) is 1. The summed E-state index contributed by atoms with van der Waals surface area (Å²) in [5.41, 5.74) is 1.19. The van der Waals surface area contributed by atoms with Gasteiger partial charge in [0.1, 0.15) is 29.2 Å². The molecule has 1 heterocycles. The Labute approximate surface area is 261 Å². The van der Waals surface area contributed by atoms with Crippen molar-refractivity contribution in [2.45, 2.75) is 97.6 Å². The van der Waals surface area contributed by atoms with Crippen LogP contribution in [-0.4, -0.2) is 55.1 Å². The summed E-state index contributed by atoms with van der Waals surface area (Å²) in [6.07, 6.45) is 2.25. The van der Waals surface area contributed by atoms with Crippen LogP contribution in [0.2, 0.25) is 0 Å². The van der Waals surface area contributed by atoms with E-state index in [1.807, 2.05) is 57.2 Å². The number of carbonyl (C=O) groups is 2. The van der Waals surface area contributed by atoms with Crippen molar-refractivity contribution in [2.24, 2.45) is 22.4 Å². The molecule has 3 aliphatic carbocycles. The number of methoxy groups -OCH3 is 1. The number of oxime groups is 1. The van der Waals surface area contributed by atoms with Crippen molar-refractivity contribution < 1.29 is 33.2 Å². The molecular weight excluding hydrogens is 559 g/mol. The Morgan fingerprint density at radius 2 is 1.82 bits per heavy atom. The van der Waals surface area contributed by atoms with Gasteiger partial charge in [0.15, 0.2) is 0 Å². The second-order valence-electron chi connectivity index (χ2n) is 14.1. The van der Waals surface area contributed by atoms with Crippen molar-refractivity contribution in [1.29, 1.82) is 0 Å². The molecule has 10 heteroatoms. The molecule has 3 saturated carbocycles. The number of para-hydroxylation sites is 1. The molecule has 2 aromatic rings. The summed E-state index contributed by atoms with van der Waals surface area (Å²) in [6, 6.07) is 15.0. The van der Waals surface area contributed by atoms with Crippen molar-refractivity contribution in [1.82, 2.24) is 5.32 Å². The van der Waals surface area contributed by atoms with Crippen molar-refractivity contribution >= 4 is 24.7 Å². The van der Waals surface area contributed by atoms with E-state index in [4.69, 9.17) is 23.6 Å².